The molecule has 2 heterocycles. The van der Waals surface area contributed by atoms with Crippen LogP contribution in [0.4, 0.5) is 5.69 Å². The van der Waals surface area contributed by atoms with Crippen LogP contribution in [0.3, 0.4) is 0 Å². The summed E-state index contributed by atoms with van der Waals surface area (Å²) in [4.78, 5) is 23.3. The van der Waals surface area contributed by atoms with Crippen molar-refractivity contribution < 1.29 is 19.1 Å². The minimum atomic E-state index is -1.21. The Morgan fingerprint density at radius 1 is 1.22 bits per heavy atom. The highest BCUT2D eigenvalue weighted by molar-refractivity contribution is 5.90. The first kappa shape index (κ1) is 18.3. The van der Waals surface area contributed by atoms with Gasteiger partial charge in [-0.15, -0.1) is 10.2 Å². The molecular formula is C18H19N5O4. The Bertz CT molecular complexity index is 946. The molecule has 0 aliphatic rings. The Kier molecular flexibility index (Phi) is 5.02. The number of hydrogen-bond acceptors (Lipinski definition) is 6. The van der Waals surface area contributed by atoms with Crippen molar-refractivity contribution in [2.75, 3.05) is 5.32 Å². The molecule has 0 aliphatic carbocycles. The summed E-state index contributed by atoms with van der Waals surface area (Å²) >= 11 is 0. The number of amides is 1. The molecular weight excluding hydrogens is 350 g/mol. The lowest BCUT2D eigenvalue weighted by molar-refractivity contribution is -0.146. The van der Waals surface area contributed by atoms with Crippen molar-refractivity contribution in [1.29, 1.82) is 0 Å². The number of anilines is 1. The molecule has 3 aromatic rings. The summed E-state index contributed by atoms with van der Waals surface area (Å²) in [7, 11) is 0. The van der Waals surface area contributed by atoms with Gasteiger partial charge in [0.25, 0.3) is 0 Å². The summed E-state index contributed by atoms with van der Waals surface area (Å²) in [6, 6.07) is 9.36. The van der Waals surface area contributed by atoms with E-state index in [1.807, 2.05) is 30.3 Å². The molecule has 0 fully saturated rings. The summed E-state index contributed by atoms with van der Waals surface area (Å²) in [5.41, 5.74) is 0.0274. The van der Waals surface area contributed by atoms with E-state index >= 15 is 0 Å². The van der Waals surface area contributed by atoms with Crippen molar-refractivity contribution in [2.45, 2.75) is 32.2 Å². The van der Waals surface area contributed by atoms with Gasteiger partial charge in [0.05, 0.1) is 11.9 Å². The van der Waals surface area contributed by atoms with Gasteiger partial charge < -0.3 is 14.8 Å². The van der Waals surface area contributed by atoms with Gasteiger partial charge in [-0.2, -0.15) is 5.10 Å². The highest BCUT2D eigenvalue weighted by Gasteiger charge is 2.30. The lowest BCUT2D eigenvalue weighted by Gasteiger charge is -2.19. The molecule has 1 aromatic carbocycles. The minimum Gasteiger partial charge on any atom is -0.479 e. The van der Waals surface area contributed by atoms with Crippen molar-refractivity contribution in [1.82, 2.24) is 20.0 Å². The van der Waals surface area contributed by atoms with Crippen molar-refractivity contribution >= 4 is 17.6 Å². The Labute approximate surface area is 155 Å². The lowest BCUT2D eigenvalue weighted by Crippen LogP contribution is -2.35. The second kappa shape index (κ2) is 7.40. The third kappa shape index (κ3) is 4.20. The van der Waals surface area contributed by atoms with Gasteiger partial charge in [-0.05, 0) is 26.0 Å². The highest BCUT2D eigenvalue weighted by atomic mass is 16.4. The summed E-state index contributed by atoms with van der Waals surface area (Å²) in [5, 5.41) is 23.8. The second-order valence-corrected chi connectivity index (χ2v) is 6.45. The van der Waals surface area contributed by atoms with Crippen LogP contribution in [0.2, 0.25) is 0 Å². The quantitative estimate of drug-likeness (QED) is 0.655. The van der Waals surface area contributed by atoms with E-state index in [1.54, 1.807) is 0 Å². The van der Waals surface area contributed by atoms with Gasteiger partial charge >= 0.3 is 5.97 Å². The van der Waals surface area contributed by atoms with Crippen LogP contribution in [0.1, 0.15) is 26.2 Å². The average Bonchev–Trinajstić information content (AvgIpc) is 3.30. The molecule has 0 spiro atoms. The van der Waals surface area contributed by atoms with E-state index in [1.165, 1.54) is 30.9 Å². The van der Waals surface area contributed by atoms with Gasteiger partial charge in [-0.1, -0.05) is 18.2 Å². The number of carboxylic acids is 1. The van der Waals surface area contributed by atoms with Crippen molar-refractivity contribution in [3.05, 3.63) is 48.6 Å². The number of benzene rings is 1. The molecule has 0 saturated carbocycles. The van der Waals surface area contributed by atoms with Crippen LogP contribution in [-0.2, 0) is 21.5 Å². The number of rotatable bonds is 7. The molecule has 2 N–H and O–H groups in total. The second-order valence-electron chi connectivity index (χ2n) is 6.45. The predicted octanol–water partition coefficient (Wildman–Crippen LogP) is 2.32. The molecule has 0 bridgehead atoms. The summed E-state index contributed by atoms with van der Waals surface area (Å²) in [5.74, 6) is -0.508. The standard InChI is InChI=1S/C18H19N5O4/c1-18(2,17(25)26)23-11-13(10-19-23)20-14(24)8-9-15-21-22-16(27-15)12-6-4-3-5-7-12/h3-7,10-11H,8-9H2,1-2H3,(H,20,24)(H,25,26). The zero-order valence-electron chi connectivity index (χ0n) is 14.9. The van der Waals surface area contributed by atoms with Crippen LogP contribution < -0.4 is 5.32 Å². The van der Waals surface area contributed by atoms with Gasteiger partial charge in [-0.3, -0.25) is 9.48 Å². The minimum absolute atomic E-state index is 0.143. The zero-order chi connectivity index (χ0) is 19.4. The zero-order valence-corrected chi connectivity index (χ0v) is 14.9. The number of hydrogen-bond donors (Lipinski definition) is 2. The third-order valence-electron chi connectivity index (χ3n) is 4.02. The number of carbonyl (C=O) groups is 2. The molecule has 140 valence electrons. The van der Waals surface area contributed by atoms with E-state index in [0.717, 1.165) is 5.56 Å². The third-order valence-corrected chi connectivity index (χ3v) is 4.02. The van der Waals surface area contributed by atoms with Crippen LogP contribution in [0.5, 0.6) is 0 Å². The van der Waals surface area contributed by atoms with Gasteiger partial charge in [0.2, 0.25) is 17.7 Å². The van der Waals surface area contributed by atoms with Crippen LogP contribution in [0.25, 0.3) is 11.5 Å². The molecule has 0 aliphatic heterocycles. The molecule has 2 aromatic heterocycles. The first-order chi connectivity index (χ1) is 12.9. The molecule has 0 saturated heterocycles. The van der Waals surface area contributed by atoms with Crippen LogP contribution in [-0.4, -0.2) is 37.0 Å². The topological polar surface area (TPSA) is 123 Å². The Balaban J connectivity index is 1.56. The number of carbonyl (C=O) groups excluding carboxylic acids is 1. The highest BCUT2D eigenvalue weighted by Crippen LogP contribution is 2.19. The fourth-order valence-corrected chi connectivity index (χ4v) is 2.29. The van der Waals surface area contributed by atoms with Crippen molar-refractivity contribution in [3.63, 3.8) is 0 Å². The van der Waals surface area contributed by atoms with Crippen LogP contribution in [0.15, 0.2) is 47.1 Å². The molecule has 27 heavy (non-hydrogen) atoms. The maximum absolute atomic E-state index is 12.1. The van der Waals surface area contributed by atoms with E-state index in [-0.39, 0.29) is 12.3 Å². The van der Waals surface area contributed by atoms with Gasteiger partial charge in [0.1, 0.15) is 0 Å². The monoisotopic (exact) mass is 369 g/mol. The molecule has 9 heteroatoms. The number of nitrogens with one attached hydrogen (secondary N) is 1. The van der Waals surface area contributed by atoms with Gasteiger partial charge in [0.15, 0.2) is 5.54 Å². The largest absolute Gasteiger partial charge is 0.479 e. The number of aromatic nitrogens is 4. The van der Waals surface area contributed by atoms with Gasteiger partial charge in [-0.25, -0.2) is 4.79 Å². The first-order valence-electron chi connectivity index (χ1n) is 8.32. The van der Waals surface area contributed by atoms with Gasteiger partial charge in [0, 0.05) is 24.6 Å². The van der Waals surface area contributed by atoms with E-state index < -0.39 is 11.5 Å². The Hall–Kier alpha value is -3.49. The smallest absolute Gasteiger partial charge is 0.331 e. The van der Waals surface area contributed by atoms with Crippen molar-refractivity contribution in [2.24, 2.45) is 0 Å². The molecule has 1 amide bonds. The number of aliphatic carboxylic acids is 1. The van der Waals surface area contributed by atoms with E-state index in [9.17, 15) is 14.7 Å². The van der Waals surface area contributed by atoms with Crippen LogP contribution >= 0.6 is 0 Å². The fourth-order valence-electron chi connectivity index (χ4n) is 2.29. The SMILES string of the molecule is CC(C)(C(=O)O)n1cc(NC(=O)CCc2nnc(-c3ccccc3)o2)cn1. The number of nitrogens with zero attached hydrogens (tertiary/aromatic N) is 4. The number of aryl methyl sites for hydroxylation is 1. The summed E-state index contributed by atoms with van der Waals surface area (Å²) in [6.45, 7) is 3.04. The normalized spacial score (nSPS) is 11.3. The Morgan fingerprint density at radius 3 is 2.67 bits per heavy atom. The van der Waals surface area contributed by atoms with E-state index in [4.69, 9.17) is 4.42 Å². The number of carboxylic acid groups (broad SMARTS) is 1. The lowest BCUT2D eigenvalue weighted by atomic mass is 10.1. The maximum atomic E-state index is 12.1. The molecule has 3 rings (SSSR count). The predicted molar refractivity (Wildman–Crippen MR) is 95.9 cm³/mol. The van der Waals surface area contributed by atoms with Crippen LogP contribution in [0, 0.1) is 0 Å². The summed E-state index contributed by atoms with van der Waals surface area (Å²) in [6.07, 6.45) is 3.32. The fraction of sp³-hybridized carbons (Fsp3) is 0.278. The Morgan fingerprint density at radius 2 is 1.96 bits per heavy atom. The molecule has 0 atom stereocenters. The molecule has 9 nitrogen and oxygen atoms in total. The molecule has 0 unspecified atom stereocenters. The van der Waals surface area contributed by atoms with E-state index in [2.05, 4.69) is 20.6 Å². The van der Waals surface area contributed by atoms with Crippen molar-refractivity contribution in [3.8, 4) is 11.5 Å². The maximum Gasteiger partial charge on any atom is 0.331 e. The summed E-state index contributed by atoms with van der Waals surface area (Å²) < 4.78 is 6.85. The first-order valence-corrected chi connectivity index (χ1v) is 8.32. The van der Waals surface area contributed by atoms with E-state index in [0.29, 0.717) is 23.9 Å². The molecule has 0 radical (unpaired) electrons. The average molecular weight is 369 g/mol.